The van der Waals surface area contributed by atoms with Crippen molar-refractivity contribution in [2.75, 3.05) is 14.2 Å². The van der Waals surface area contributed by atoms with Crippen molar-refractivity contribution >= 4 is 10.9 Å². The van der Waals surface area contributed by atoms with E-state index in [4.69, 9.17) is 15.0 Å². The Bertz CT molecular complexity index is 961. The number of hydrogen-bond donors (Lipinski definition) is 2. The predicted octanol–water partition coefficient (Wildman–Crippen LogP) is 4.79. The van der Waals surface area contributed by atoms with Gasteiger partial charge in [0.1, 0.15) is 0 Å². The molecule has 0 bridgehead atoms. The average Bonchev–Trinajstić information content (AvgIpc) is 3.36. The molecule has 1 atom stereocenters. The zero-order valence-electron chi connectivity index (χ0n) is 16.3. The first-order valence-corrected chi connectivity index (χ1v) is 12.3. The van der Waals surface area contributed by atoms with E-state index in [2.05, 4.69) is 84.9 Å². The molecule has 2 N–H and O–H groups in total. The number of rotatable bonds is 2. The van der Waals surface area contributed by atoms with E-state index in [1.54, 1.807) is 0 Å². The molecule has 0 aromatic heterocycles. The molecule has 2 aliphatic rings. The van der Waals surface area contributed by atoms with Crippen LogP contribution >= 0.6 is 0 Å². The summed E-state index contributed by atoms with van der Waals surface area (Å²) in [5, 5.41) is 14.0. The third-order valence-electron chi connectivity index (χ3n) is 5.40. The second-order valence-electron chi connectivity index (χ2n) is 6.65. The quantitative estimate of drug-likeness (QED) is 0.601. The minimum atomic E-state index is -1.68. The number of hydrogen-bond acceptors (Lipinski definition) is 2. The predicted molar refractivity (Wildman–Crippen MR) is 115 cm³/mol. The molecule has 2 aliphatic carbocycles. The van der Waals surface area contributed by atoms with Crippen molar-refractivity contribution < 1.29 is 27.6 Å². The Hall–Kier alpha value is -2.10. The average molecular weight is 406 g/mol. The number of aliphatic hydroxyl groups is 2. The van der Waals surface area contributed by atoms with Gasteiger partial charge in [0.25, 0.3) is 0 Å². The van der Waals surface area contributed by atoms with E-state index in [-0.39, 0.29) is 0 Å². The van der Waals surface area contributed by atoms with Gasteiger partial charge in [0.2, 0.25) is 0 Å². The SMILES string of the molecule is CO.CO.[CH2]=[Ti]([CH]1C=Cc2ccccc21)[CH]1c2ccccc2-c2ccccc21. The number of fused-ring (bicyclic) bond motifs is 4. The van der Waals surface area contributed by atoms with E-state index in [1.807, 2.05) is 0 Å². The van der Waals surface area contributed by atoms with Gasteiger partial charge in [0.05, 0.1) is 0 Å². The van der Waals surface area contributed by atoms with Gasteiger partial charge in [-0.25, -0.2) is 0 Å². The summed E-state index contributed by atoms with van der Waals surface area (Å²) in [6, 6.07) is 26.7. The van der Waals surface area contributed by atoms with Crippen LogP contribution in [0, 0.1) is 0 Å². The van der Waals surface area contributed by atoms with Crippen LogP contribution in [-0.2, 0) is 17.4 Å². The Balaban J connectivity index is 0.000000531. The van der Waals surface area contributed by atoms with Gasteiger partial charge >= 0.3 is 149 Å². The van der Waals surface area contributed by atoms with Crippen LogP contribution in [0.25, 0.3) is 17.2 Å². The maximum absolute atomic E-state index is 7.00. The molecule has 28 heavy (non-hydrogen) atoms. The first-order valence-electron chi connectivity index (χ1n) is 9.38. The molecule has 0 radical (unpaired) electrons. The molecule has 0 heterocycles. The van der Waals surface area contributed by atoms with Crippen LogP contribution in [0.2, 0.25) is 0 Å². The summed E-state index contributed by atoms with van der Waals surface area (Å²) in [5.74, 6) is 0. The first kappa shape index (κ1) is 20.6. The second-order valence-corrected chi connectivity index (χ2v) is 10.3. The molecule has 1 unspecified atom stereocenters. The van der Waals surface area contributed by atoms with Crippen LogP contribution < -0.4 is 0 Å². The van der Waals surface area contributed by atoms with Crippen molar-refractivity contribution in [1.29, 1.82) is 0 Å². The topological polar surface area (TPSA) is 40.5 Å². The normalized spacial score (nSPS) is 15.4. The standard InChI is InChI=1S/C13H9.C9H7.2CH4O.CH2.Ti/c1-3-7-12-10(5-1)9-11-6-2-4-8-13(11)12;1-2-5-9-7-3-6-8(9)4-1;2*1-2;;/h1-9H;1-7H;2*2H,1H3;1H2;. The third-order valence-corrected chi connectivity index (χ3v) is 9.57. The fourth-order valence-electron chi connectivity index (χ4n) is 4.31. The maximum atomic E-state index is 7.00. The van der Waals surface area contributed by atoms with Crippen molar-refractivity contribution in [2.45, 2.75) is 8.45 Å². The van der Waals surface area contributed by atoms with Gasteiger partial charge in [-0.1, -0.05) is 0 Å². The molecule has 5 rings (SSSR count). The fourth-order valence-corrected chi connectivity index (χ4v) is 8.47. The van der Waals surface area contributed by atoms with Crippen molar-refractivity contribution in [3.05, 3.63) is 101 Å². The molecule has 0 aliphatic heterocycles. The second kappa shape index (κ2) is 9.40. The minimum absolute atomic E-state index is 0.526. The Morgan fingerprint density at radius 3 is 1.71 bits per heavy atom. The van der Waals surface area contributed by atoms with E-state index in [0.29, 0.717) is 8.45 Å². The van der Waals surface area contributed by atoms with Crippen molar-refractivity contribution in [3.8, 4) is 11.1 Å². The summed E-state index contributed by atoms with van der Waals surface area (Å²) in [7, 11) is 2.00. The van der Waals surface area contributed by atoms with E-state index in [0.717, 1.165) is 14.2 Å². The zero-order chi connectivity index (χ0) is 20.1. The molecule has 2 nitrogen and oxygen atoms in total. The van der Waals surface area contributed by atoms with Crippen molar-refractivity contribution in [3.63, 3.8) is 0 Å². The van der Waals surface area contributed by atoms with Crippen LogP contribution in [0.1, 0.15) is 30.7 Å². The summed E-state index contributed by atoms with van der Waals surface area (Å²) in [6.07, 6.45) is 4.71. The van der Waals surface area contributed by atoms with E-state index in [9.17, 15) is 0 Å². The van der Waals surface area contributed by atoms with Crippen LogP contribution in [0.5, 0.6) is 0 Å². The Morgan fingerprint density at radius 1 is 0.679 bits per heavy atom. The fraction of sp³-hybridized carbons (Fsp3) is 0.160. The van der Waals surface area contributed by atoms with Gasteiger partial charge in [-0.15, -0.1) is 0 Å². The molecule has 3 aromatic rings. The summed E-state index contributed by atoms with van der Waals surface area (Å²) in [4.78, 5) is 4.81. The van der Waals surface area contributed by atoms with Gasteiger partial charge in [-0.3, -0.25) is 0 Å². The van der Waals surface area contributed by atoms with Crippen molar-refractivity contribution in [2.24, 2.45) is 0 Å². The van der Waals surface area contributed by atoms with Crippen LogP contribution in [0.4, 0.5) is 0 Å². The van der Waals surface area contributed by atoms with Crippen LogP contribution in [-0.4, -0.2) is 29.2 Å². The Labute approximate surface area is 173 Å². The molecule has 0 spiro atoms. The van der Waals surface area contributed by atoms with E-state index < -0.39 is 17.4 Å². The van der Waals surface area contributed by atoms with Crippen LogP contribution in [0.15, 0.2) is 78.9 Å². The van der Waals surface area contributed by atoms with Crippen molar-refractivity contribution in [1.82, 2.24) is 0 Å². The van der Waals surface area contributed by atoms with Gasteiger partial charge < -0.3 is 10.2 Å². The monoisotopic (exact) mass is 406 g/mol. The molecule has 3 aromatic carbocycles. The van der Waals surface area contributed by atoms with E-state index in [1.165, 1.54) is 33.4 Å². The molecule has 0 saturated carbocycles. The zero-order valence-corrected chi connectivity index (χ0v) is 17.9. The van der Waals surface area contributed by atoms with Gasteiger partial charge in [0, 0.05) is 14.2 Å². The summed E-state index contributed by atoms with van der Waals surface area (Å²) >= 11 is -1.68. The molecule has 142 valence electrons. The van der Waals surface area contributed by atoms with E-state index >= 15 is 0 Å². The molecule has 0 fully saturated rings. The Morgan fingerprint density at radius 2 is 1.14 bits per heavy atom. The van der Waals surface area contributed by atoms with Gasteiger partial charge in [0.15, 0.2) is 0 Å². The van der Waals surface area contributed by atoms with Gasteiger partial charge in [-0.05, 0) is 0 Å². The molecule has 3 heteroatoms. The third kappa shape index (κ3) is 3.49. The summed E-state index contributed by atoms with van der Waals surface area (Å²) < 4.78 is 1.07. The van der Waals surface area contributed by atoms with Crippen LogP contribution in [0.3, 0.4) is 0 Å². The molecule has 0 saturated heterocycles. The summed E-state index contributed by atoms with van der Waals surface area (Å²) in [5.41, 5.74) is 8.71. The molecular weight excluding hydrogens is 380 g/mol. The molecule has 0 amide bonds. The number of allylic oxidation sites excluding steroid dienone is 1. The number of aliphatic hydroxyl groups excluding tert-OH is 2. The van der Waals surface area contributed by atoms with Gasteiger partial charge in [-0.2, -0.15) is 0 Å². The number of benzene rings is 3. The first-order chi connectivity index (χ1) is 13.8. The summed E-state index contributed by atoms with van der Waals surface area (Å²) in [6.45, 7) is 0. The molecular formula is C25H26O2Ti. The Kier molecular flexibility index (Phi) is 6.93.